The molecule has 0 aromatic heterocycles. The van der Waals surface area contributed by atoms with Crippen molar-refractivity contribution in [3.63, 3.8) is 0 Å². The van der Waals surface area contributed by atoms with Crippen LogP contribution in [0.3, 0.4) is 0 Å². The minimum atomic E-state index is -0.227. The first-order valence-electron chi connectivity index (χ1n) is 3.59. The van der Waals surface area contributed by atoms with Crippen LogP contribution in [0.4, 0.5) is 0 Å². The largest absolute Gasteiger partial charge is 0.466 e. The van der Waals surface area contributed by atoms with Crippen LogP contribution in [0.5, 0.6) is 0 Å². The Kier molecular flexibility index (Phi) is 5.94. The molecule has 0 aliphatic carbocycles. The van der Waals surface area contributed by atoms with E-state index >= 15 is 0 Å². The van der Waals surface area contributed by atoms with Crippen LogP contribution in [-0.2, 0) is 9.53 Å². The molecule has 0 aromatic carbocycles. The molecular formula is C8H13ClO2. The van der Waals surface area contributed by atoms with E-state index in [0.29, 0.717) is 11.6 Å². The quantitative estimate of drug-likeness (QED) is 0.475. The molecule has 0 atom stereocenters. The predicted molar refractivity (Wildman–Crippen MR) is 45.5 cm³/mol. The molecule has 0 radical (unpaired) electrons. The molecule has 0 saturated carbocycles. The molecule has 0 saturated heterocycles. The topological polar surface area (TPSA) is 26.3 Å². The van der Waals surface area contributed by atoms with Gasteiger partial charge in [-0.25, -0.2) is 0 Å². The monoisotopic (exact) mass is 176 g/mol. The van der Waals surface area contributed by atoms with Crippen molar-refractivity contribution in [1.29, 1.82) is 0 Å². The molecule has 0 aliphatic heterocycles. The second-order valence-electron chi connectivity index (χ2n) is 2.31. The van der Waals surface area contributed by atoms with E-state index in [1.165, 1.54) is 6.92 Å². The summed E-state index contributed by atoms with van der Waals surface area (Å²) in [6.45, 7) is 5.43. The van der Waals surface area contributed by atoms with Gasteiger partial charge in [-0.2, -0.15) is 0 Å². The molecule has 3 heteroatoms. The molecule has 0 bridgehead atoms. The fourth-order valence-corrected chi connectivity index (χ4v) is 0.768. The highest BCUT2D eigenvalue weighted by Gasteiger charge is 1.93. The van der Waals surface area contributed by atoms with Crippen LogP contribution in [0.1, 0.15) is 26.2 Å². The number of hydrogen-bond donors (Lipinski definition) is 0. The summed E-state index contributed by atoms with van der Waals surface area (Å²) in [7, 11) is 0. The highest BCUT2D eigenvalue weighted by atomic mass is 35.5. The van der Waals surface area contributed by atoms with Gasteiger partial charge in [-0.3, -0.25) is 4.79 Å². The SMILES string of the molecule is C=C(Cl)CCCCOC(C)=O. The molecule has 0 heterocycles. The van der Waals surface area contributed by atoms with Crippen molar-refractivity contribution in [3.8, 4) is 0 Å². The Morgan fingerprint density at radius 2 is 2.18 bits per heavy atom. The standard InChI is InChI=1S/C8H13ClO2/c1-7(9)5-3-4-6-11-8(2)10/h1,3-6H2,2H3. The minimum absolute atomic E-state index is 0.227. The Morgan fingerprint density at radius 3 is 2.64 bits per heavy atom. The zero-order valence-electron chi connectivity index (χ0n) is 6.73. The molecule has 0 spiro atoms. The van der Waals surface area contributed by atoms with Crippen molar-refractivity contribution in [1.82, 2.24) is 0 Å². The number of hydrogen-bond acceptors (Lipinski definition) is 2. The lowest BCUT2D eigenvalue weighted by Gasteiger charge is -2.00. The Hall–Kier alpha value is -0.500. The number of esters is 1. The number of ether oxygens (including phenoxy) is 1. The smallest absolute Gasteiger partial charge is 0.302 e. The van der Waals surface area contributed by atoms with Crippen molar-refractivity contribution in [2.45, 2.75) is 26.2 Å². The van der Waals surface area contributed by atoms with Crippen LogP contribution in [0.15, 0.2) is 11.6 Å². The van der Waals surface area contributed by atoms with Gasteiger partial charge in [-0.15, -0.1) is 0 Å². The summed E-state index contributed by atoms with van der Waals surface area (Å²) in [6, 6.07) is 0. The third kappa shape index (κ3) is 9.50. The van der Waals surface area contributed by atoms with Crippen molar-refractivity contribution < 1.29 is 9.53 Å². The number of carbonyl (C=O) groups excluding carboxylic acids is 1. The fourth-order valence-electron chi connectivity index (χ4n) is 0.635. The highest BCUT2D eigenvalue weighted by Crippen LogP contribution is 2.08. The summed E-state index contributed by atoms with van der Waals surface area (Å²) in [5.41, 5.74) is 0. The van der Waals surface area contributed by atoms with E-state index in [2.05, 4.69) is 6.58 Å². The van der Waals surface area contributed by atoms with Crippen LogP contribution >= 0.6 is 11.6 Å². The average molecular weight is 177 g/mol. The maximum absolute atomic E-state index is 10.3. The Morgan fingerprint density at radius 1 is 1.55 bits per heavy atom. The summed E-state index contributed by atoms with van der Waals surface area (Å²) in [5.74, 6) is -0.227. The third-order valence-corrected chi connectivity index (χ3v) is 1.34. The molecule has 11 heavy (non-hydrogen) atoms. The van der Waals surface area contributed by atoms with Gasteiger partial charge in [0, 0.05) is 12.0 Å². The molecular weight excluding hydrogens is 164 g/mol. The van der Waals surface area contributed by atoms with E-state index in [9.17, 15) is 4.79 Å². The van der Waals surface area contributed by atoms with E-state index in [0.717, 1.165) is 19.3 Å². The number of carbonyl (C=O) groups is 1. The fraction of sp³-hybridized carbons (Fsp3) is 0.625. The average Bonchev–Trinajstić information content (AvgIpc) is 1.85. The normalized spacial score (nSPS) is 9.27. The molecule has 0 aromatic rings. The minimum Gasteiger partial charge on any atom is -0.466 e. The maximum Gasteiger partial charge on any atom is 0.302 e. The van der Waals surface area contributed by atoms with E-state index in [-0.39, 0.29) is 5.97 Å². The van der Waals surface area contributed by atoms with Gasteiger partial charge in [0.05, 0.1) is 6.61 Å². The first kappa shape index (κ1) is 10.5. The Bertz CT molecular complexity index is 127. The number of unbranched alkanes of at least 4 members (excludes halogenated alkanes) is 1. The van der Waals surface area contributed by atoms with Crippen molar-refractivity contribution in [2.75, 3.05) is 6.61 Å². The van der Waals surface area contributed by atoms with Gasteiger partial charge >= 0.3 is 5.97 Å². The third-order valence-electron chi connectivity index (χ3n) is 1.15. The van der Waals surface area contributed by atoms with Gasteiger partial charge in [-0.05, 0) is 19.3 Å². The first-order valence-corrected chi connectivity index (χ1v) is 3.97. The summed E-state index contributed by atoms with van der Waals surface area (Å²) in [4.78, 5) is 10.3. The van der Waals surface area contributed by atoms with Crippen LogP contribution < -0.4 is 0 Å². The number of allylic oxidation sites excluding steroid dienone is 1. The molecule has 64 valence electrons. The van der Waals surface area contributed by atoms with Gasteiger partial charge in [-0.1, -0.05) is 18.2 Å². The van der Waals surface area contributed by atoms with Crippen molar-refractivity contribution >= 4 is 17.6 Å². The van der Waals surface area contributed by atoms with Gasteiger partial charge in [0.25, 0.3) is 0 Å². The van der Waals surface area contributed by atoms with E-state index < -0.39 is 0 Å². The van der Waals surface area contributed by atoms with Crippen LogP contribution in [0.2, 0.25) is 0 Å². The zero-order valence-corrected chi connectivity index (χ0v) is 7.49. The molecule has 2 nitrogen and oxygen atoms in total. The van der Waals surface area contributed by atoms with E-state index in [1.807, 2.05) is 0 Å². The van der Waals surface area contributed by atoms with E-state index in [1.54, 1.807) is 0 Å². The van der Waals surface area contributed by atoms with Crippen LogP contribution in [0, 0.1) is 0 Å². The molecule has 0 fully saturated rings. The lowest BCUT2D eigenvalue weighted by Crippen LogP contribution is -1.99. The van der Waals surface area contributed by atoms with Crippen molar-refractivity contribution in [3.05, 3.63) is 11.6 Å². The molecule has 0 aliphatic rings. The maximum atomic E-state index is 10.3. The summed E-state index contributed by atoms with van der Waals surface area (Å²) >= 11 is 5.52. The predicted octanol–water partition coefficient (Wildman–Crippen LogP) is 2.47. The molecule has 0 N–H and O–H groups in total. The second kappa shape index (κ2) is 6.23. The highest BCUT2D eigenvalue weighted by molar-refractivity contribution is 6.29. The van der Waals surface area contributed by atoms with Gasteiger partial charge in [0.1, 0.15) is 0 Å². The summed E-state index contributed by atoms with van der Waals surface area (Å²) < 4.78 is 4.71. The van der Waals surface area contributed by atoms with Gasteiger partial charge in [0.15, 0.2) is 0 Å². The summed E-state index contributed by atoms with van der Waals surface area (Å²) in [6.07, 6.45) is 2.57. The zero-order chi connectivity index (χ0) is 8.69. The Balaban J connectivity index is 3.03. The van der Waals surface area contributed by atoms with Gasteiger partial charge in [0.2, 0.25) is 0 Å². The van der Waals surface area contributed by atoms with Gasteiger partial charge < -0.3 is 4.74 Å². The van der Waals surface area contributed by atoms with Crippen LogP contribution in [0.25, 0.3) is 0 Å². The molecule has 0 amide bonds. The molecule has 0 rings (SSSR count). The van der Waals surface area contributed by atoms with Crippen LogP contribution in [-0.4, -0.2) is 12.6 Å². The molecule has 0 unspecified atom stereocenters. The number of rotatable bonds is 5. The number of halogens is 1. The van der Waals surface area contributed by atoms with Crippen molar-refractivity contribution in [2.24, 2.45) is 0 Å². The lowest BCUT2D eigenvalue weighted by atomic mass is 10.2. The summed E-state index contributed by atoms with van der Waals surface area (Å²) in [5, 5.41) is 0.660. The Labute approximate surface area is 72.2 Å². The lowest BCUT2D eigenvalue weighted by molar-refractivity contribution is -0.141. The first-order chi connectivity index (χ1) is 5.13. The second-order valence-corrected chi connectivity index (χ2v) is 2.85. The van der Waals surface area contributed by atoms with E-state index in [4.69, 9.17) is 16.3 Å².